The third-order valence-corrected chi connectivity index (χ3v) is 2.25. The Hall–Kier alpha value is -1.36. The number of carbonyl (C=O) groups is 1. The number of rotatable bonds is 5. The Bertz CT molecular complexity index is 383. The van der Waals surface area contributed by atoms with Crippen LogP contribution in [0.15, 0.2) is 12.3 Å². The van der Waals surface area contributed by atoms with Gasteiger partial charge >= 0.3 is 0 Å². The Labute approximate surface area is 106 Å². The topological polar surface area (TPSA) is 66.9 Å². The number of hydrogen-bond acceptors (Lipinski definition) is 4. The minimum atomic E-state index is -0.361. The van der Waals surface area contributed by atoms with E-state index in [1.807, 2.05) is 13.8 Å². The summed E-state index contributed by atoms with van der Waals surface area (Å²) in [4.78, 5) is 19.4. The van der Waals surface area contributed by atoms with Crippen molar-refractivity contribution in [2.45, 2.75) is 26.8 Å². The van der Waals surface area contributed by atoms with Gasteiger partial charge in [-0.2, -0.15) is 0 Å². The van der Waals surface area contributed by atoms with Crippen LogP contribution in [0.1, 0.15) is 20.8 Å². The molecule has 0 spiro atoms. The first-order chi connectivity index (χ1) is 7.99. The lowest BCUT2D eigenvalue weighted by Crippen LogP contribution is -2.39. The van der Waals surface area contributed by atoms with Crippen molar-refractivity contribution in [2.75, 3.05) is 11.9 Å². The molecule has 2 N–H and O–H groups in total. The molecule has 0 radical (unpaired) electrons. The summed E-state index contributed by atoms with van der Waals surface area (Å²) in [5, 5.41) is 5.95. The summed E-state index contributed by atoms with van der Waals surface area (Å²) in [5.74, 6) is 0.908. The highest BCUT2D eigenvalue weighted by atomic mass is 35.5. The zero-order valence-electron chi connectivity index (χ0n) is 10.2. The first kappa shape index (κ1) is 13.7. The number of amides is 1. The predicted octanol–water partition coefficient (Wildman–Crippen LogP) is 1.70. The molecule has 0 aliphatic heterocycles. The molecule has 17 heavy (non-hydrogen) atoms. The maximum Gasteiger partial charge on any atom is 0.242 e. The van der Waals surface area contributed by atoms with E-state index >= 15 is 0 Å². The molecule has 1 unspecified atom stereocenters. The molecule has 1 rings (SSSR count). The van der Waals surface area contributed by atoms with Crippen LogP contribution in [0.3, 0.4) is 0 Å². The van der Waals surface area contributed by atoms with Gasteiger partial charge in [-0.15, -0.1) is 0 Å². The van der Waals surface area contributed by atoms with Crippen LogP contribution in [0.2, 0.25) is 5.28 Å². The molecule has 0 aliphatic rings. The molecule has 0 aromatic carbocycles. The van der Waals surface area contributed by atoms with Crippen LogP contribution in [0.25, 0.3) is 0 Å². The Kier molecular flexibility index (Phi) is 5.15. The molecule has 94 valence electrons. The Morgan fingerprint density at radius 3 is 2.76 bits per heavy atom. The molecule has 1 atom stereocenters. The number of hydrogen-bond donors (Lipinski definition) is 2. The van der Waals surface area contributed by atoms with Crippen LogP contribution >= 0.6 is 11.6 Å². The third-order valence-electron chi connectivity index (χ3n) is 2.07. The molecule has 6 heteroatoms. The summed E-state index contributed by atoms with van der Waals surface area (Å²) >= 11 is 5.65. The van der Waals surface area contributed by atoms with Gasteiger partial charge in [-0.1, -0.05) is 13.8 Å². The molecule has 1 amide bonds. The molecule has 0 saturated heterocycles. The Morgan fingerprint density at radius 1 is 1.47 bits per heavy atom. The quantitative estimate of drug-likeness (QED) is 0.787. The average molecular weight is 257 g/mol. The van der Waals surface area contributed by atoms with Gasteiger partial charge in [0.2, 0.25) is 11.2 Å². The van der Waals surface area contributed by atoms with Crippen molar-refractivity contribution in [2.24, 2.45) is 5.92 Å². The minimum absolute atomic E-state index is 0.0616. The molecule has 0 bridgehead atoms. The van der Waals surface area contributed by atoms with Gasteiger partial charge in [0.15, 0.2) is 0 Å². The van der Waals surface area contributed by atoms with Gasteiger partial charge in [0.05, 0.1) is 0 Å². The second-order valence-electron chi connectivity index (χ2n) is 4.22. The summed E-state index contributed by atoms with van der Waals surface area (Å²) in [7, 11) is 0. The maximum atomic E-state index is 11.7. The van der Waals surface area contributed by atoms with Crippen molar-refractivity contribution in [1.29, 1.82) is 0 Å². The van der Waals surface area contributed by atoms with Crippen LogP contribution in [0, 0.1) is 5.92 Å². The van der Waals surface area contributed by atoms with E-state index in [1.165, 1.54) is 6.20 Å². The average Bonchev–Trinajstić information content (AvgIpc) is 2.25. The standard InChI is InChI=1S/C11H17ClN4O/c1-7(2)6-14-10(17)8(3)15-9-4-5-13-11(12)16-9/h4-5,7-8H,6H2,1-3H3,(H,14,17)(H,13,15,16). The largest absolute Gasteiger partial charge is 0.358 e. The number of carbonyl (C=O) groups excluding carboxylic acids is 1. The first-order valence-electron chi connectivity index (χ1n) is 5.52. The van der Waals surface area contributed by atoms with Gasteiger partial charge in [0, 0.05) is 12.7 Å². The molecule has 1 heterocycles. The third kappa shape index (κ3) is 4.99. The number of anilines is 1. The molecule has 5 nitrogen and oxygen atoms in total. The first-order valence-corrected chi connectivity index (χ1v) is 5.89. The summed E-state index contributed by atoms with van der Waals surface area (Å²) in [6.45, 7) is 6.52. The van der Waals surface area contributed by atoms with Gasteiger partial charge in [0.25, 0.3) is 0 Å². The zero-order valence-corrected chi connectivity index (χ0v) is 11.0. The van der Waals surface area contributed by atoms with Gasteiger partial charge in [-0.05, 0) is 30.5 Å². The van der Waals surface area contributed by atoms with Crippen molar-refractivity contribution in [3.05, 3.63) is 17.5 Å². The lowest BCUT2D eigenvalue weighted by atomic mass is 10.2. The zero-order chi connectivity index (χ0) is 12.8. The highest BCUT2D eigenvalue weighted by molar-refractivity contribution is 6.28. The fraction of sp³-hybridized carbons (Fsp3) is 0.545. The normalized spacial score (nSPS) is 12.3. The Morgan fingerprint density at radius 2 is 2.18 bits per heavy atom. The van der Waals surface area contributed by atoms with Gasteiger partial charge in [-0.3, -0.25) is 4.79 Å². The van der Waals surface area contributed by atoms with E-state index in [4.69, 9.17) is 11.6 Å². The van der Waals surface area contributed by atoms with E-state index in [9.17, 15) is 4.79 Å². The summed E-state index contributed by atoms with van der Waals surface area (Å²) in [6, 6.07) is 1.30. The molecule has 1 aromatic heterocycles. The predicted molar refractivity (Wildman–Crippen MR) is 68.0 cm³/mol. The fourth-order valence-corrected chi connectivity index (χ4v) is 1.31. The summed E-state index contributed by atoms with van der Waals surface area (Å²) < 4.78 is 0. The molecule has 0 fully saturated rings. The second-order valence-corrected chi connectivity index (χ2v) is 4.55. The maximum absolute atomic E-state index is 11.7. The Balaban J connectivity index is 2.48. The molecular formula is C11H17ClN4O. The monoisotopic (exact) mass is 256 g/mol. The number of halogens is 1. The van der Waals surface area contributed by atoms with Crippen molar-refractivity contribution in [3.8, 4) is 0 Å². The van der Waals surface area contributed by atoms with Crippen LogP contribution in [0.5, 0.6) is 0 Å². The second kappa shape index (κ2) is 6.39. The van der Waals surface area contributed by atoms with E-state index in [0.29, 0.717) is 18.3 Å². The van der Waals surface area contributed by atoms with Crippen molar-refractivity contribution in [1.82, 2.24) is 15.3 Å². The van der Waals surface area contributed by atoms with Crippen LogP contribution in [-0.4, -0.2) is 28.5 Å². The van der Waals surface area contributed by atoms with Gasteiger partial charge < -0.3 is 10.6 Å². The van der Waals surface area contributed by atoms with E-state index < -0.39 is 0 Å². The van der Waals surface area contributed by atoms with E-state index in [2.05, 4.69) is 20.6 Å². The fourth-order valence-electron chi connectivity index (χ4n) is 1.16. The van der Waals surface area contributed by atoms with Gasteiger partial charge in [-0.25, -0.2) is 9.97 Å². The molecule has 1 aromatic rings. The lowest BCUT2D eigenvalue weighted by Gasteiger charge is -2.15. The van der Waals surface area contributed by atoms with Crippen LogP contribution < -0.4 is 10.6 Å². The number of aromatic nitrogens is 2. The molecule has 0 aliphatic carbocycles. The van der Waals surface area contributed by atoms with Crippen LogP contribution in [-0.2, 0) is 4.79 Å². The number of nitrogens with one attached hydrogen (secondary N) is 2. The molecule has 0 saturated carbocycles. The van der Waals surface area contributed by atoms with Crippen molar-refractivity contribution in [3.63, 3.8) is 0 Å². The lowest BCUT2D eigenvalue weighted by molar-refractivity contribution is -0.121. The summed E-state index contributed by atoms with van der Waals surface area (Å²) in [5.41, 5.74) is 0. The highest BCUT2D eigenvalue weighted by Crippen LogP contribution is 2.07. The highest BCUT2D eigenvalue weighted by Gasteiger charge is 2.13. The minimum Gasteiger partial charge on any atom is -0.358 e. The summed E-state index contributed by atoms with van der Waals surface area (Å²) in [6.07, 6.45) is 1.54. The molecular weight excluding hydrogens is 240 g/mol. The SMILES string of the molecule is CC(C)CNC(=O)C(C)Nc1ccnc(Cl)n1. The van der Waals surface area contributed by atoms with Crippen LogP contribution in [0.4, 0.5) is 5.82 Å². The van der Waals surface area contributed by atoms with Crippen molar-refractivity contribution >= 4 is 23.3 Å². The van der Waals surface area contributed by atoms with Gasteiger partial charge in [0.1, 0.15) is 11.9 Å². The van der Waals surface area contributed by atoms with E-state index in [-0.39, 0.29) is 17.2 Å². The van der Waals surface area contributed by atoms with E-state index in [0.717, 1.165) is 0 Å². The number of nitrogens with zero attached hydrogens (tertiary/aromatic N) is 2. The smallest absolute Gasteiger partial charge is 0.242 e. The van der Waals surface area contributed by atoms with E-state index in [1.54, 1.807) is 13.0 Å². The van der Waals surface area contributed by atoms with Crippen molar-refractivity contribution < 1.29 is 4.79 Å².